The molecule has 0 bridgehead atoms. The summed E-state index contributed by atoms with van der Waals surface area (Å²) in [5.41, 5.74) is 0. The Labute approximate surface area is 159 Å². The van der Waals surface area contributed by atoms with Crippen molar-refractivity contribution >= 4 is 7.82 Å². The van der Waals surface area contributed by atoms with Gasteiger partial charge >= 0.3 is 29.6 Å². The Balaban J connectivity index is 0. The summed E-state index contributed by atoms with van der Waals surface area (Å²) in [5, 5.41) is 0. The fourth-order valence-corrected chi connectivity index (χ4v) is 2.83. The van der Waals surface area contributed by atoms with Crippen molar-refractivity contribution in [2.45, 2.75) is 96.8 Å². The molecule has 0 atom stereocenters. The van der Waals surface area contributed by atoms with E-state index in [2.05, 4.69) is 11.4 Å². The van der Waals surface area contributed by atoms with Gasteiger partial charge in [0.1, 0.15) is 0 Å². The Hall–Kier alpha value is 1.11. The third kappa shape index (κ3) is 23.4. The van der Waals surface area contributed by atoms with Gasteiger partial charge < -0.3 is 18.9 Å². The van der Waals surface area contributed by atoms with Crippen molar-refractivity contribution in [2.24, 2.45) is 0 Å². The minimum absolute atomic E-state index is 0. The van der Waals surface area contributed by atoms with Crippen LogP contribution in [0.5, 0.6) is 0 Å². The van der Waals surface area contributed by atoms with E-state index in [-0.39, 0.29) is 36.2 Å². The van der Waals surface area contributed by atoms with Crippen molar-refractivity contribution in [3.63, 3.8) is 0 Å². The summed E-state index contributed by atoms with van der Waals surface area (Å²) < 4.78 is 14.4. The van der Waals surface area contributed by atoms with E-state index < -0.39 is 7.82 Å². The summed E-state index contributed by atoms with van der Waals surface area (Å²) in [6, 6.07) is 0. The van der Waals surface area contributed by atoms with Crippen LogP contribution < -0.4 is 39.3 Å². The van der Waals surface area contributed by atoms with E-state index in [1.54, 1.807) is 0 Å². The first-order chi connectivity index (χ1) is 10.1. The van der Waals surface area contributed by atoms with Crippen molar-refractivity contribution in [1.82, 2.24) is 0 Å². The minimum atomic E-state index is -4.75. The van der Waals surface area contributed by atoms with Crippen LogP contribution >= 0.6 is 7.82 Å². The van der Waals surface area contributed by atoms with Crippen molar-refractivity contribution < 1.29 is 48.4 Å². The molecule has 0 saturated carbocycles. The summed E-state index contributed by atoms with van der Waals surface area (Å²) >= 11 is 0. The number of phosphoric ester groups is 1. The van der Waals surface area contributed by atoms with Gasteiger partial charge in [-0.3, -0.25) is 0 Å². The summed E-state index contributed by atoms with van der Waals surface area (Å²) in [6.45, 7) is 2.29. The van der Waals surface area contributed by atoms with Crippen LogP contribution in [-0.2, 0) is 9.09 Å². The average Bonchev–Trinajstić information content (AvgIpc) is 2.42. The Morgan fingerprint density at radius 2 is 1.00 bits per heavy atom. The molecule has 0 aliphatic heterocycles. The molecule has 0 aliphatic rings. The summed E-state index contributed by atoms with van der Waals surface area (Å²) in [4.78, 5) is 20.4. The largest absolute Gasteiger partial charge is 1.00 e. The van der Waals surface area contributed by atoms with Gasteiger partial charge in [-0.1, -0.05) is 90.4 Å². The van der Waals surface area contributed by atoms with Gasteiger partial charge in [-0.15, -0.1) is 0 Å². The van der Waals surface area contributed by atoms with E-state index in [4.69, 9.17) is 0 Å². The van der Waals surface area contributed by atoms with E-state index in [0.717, 1.165) is 12.8 Å². The average molecular weight is 343 g/mol. The predicted octanol–water partition coefficient (Wildman–Crippen LogP) is 1.32. The van der Waals surface area contributed by atoms with Gasteiger partial charge in [0.05, 0.1) is 14.4 Å². The minimum Gasteiger partial charge on any atom is -0.790 e. The summed E-state index contributed by atoms with van der Waals surface area (Å²) in [6.07, 6.45) is 17.4. The molecule has 0 aliphatic carbocycles. The van der Waals surface area contributed by atoms with Gasteiger partial charge in [-0.05, 0) is 6.42 Å². The van der Waals surface area contributed by atoms with Gasteiger partial charge in [0, 0.05) is 0 Å². The number of hydrogen-bond acceptors (Lipinski definition) is 4. The van der Waals surface area contributed by atoms with Crippen LogP contribution in [0.25, 0.3) is 0 Å². The van der Waals surface area contributed by atoms with E-state index in [1.165, 1.54) is 70.6 Å². The normalized spacial score (nSPS) is 11.4. The quantitative estimate of drug-likeness (QED) is 0.241. The molecule has 0 radical (unpaired) electrons. The topological polar surface area (TPSA) is 72.4 Å². The predicted molar refractivity (Wildman–Crippen MR) is 83.9 cm³/mol. The Morgan fingerprint density at radius 1 is 0.682 bits per heavy atom. The first-order valence-electron chi connectivity index (χ1n) is 8.73. The standard InChI is InChI=1S/C16H35O4P.Na/c1-2-3-4-5-6-7-8-9-10-11-12-13-14-15-16-20-21(17,18)19;/h2-16H2,1H3,(H2,17,18,19);/q;+1/p-2. The van der Waals surface area contributed by atoms with Crippen LogP contribution in [-0.4, -0.2) is 6.61 Å². The Kier molecular flexibility index (Phi) is 21.3. The van der Waals surface area contributed by atoms with Crippen LogP contribution in [0.4, 0.5) is 0 Å². The molecule has 0 unspecified atom stereocenters. The zero-order valence-corrected chi connectivity index (χ0v) is 17.6. The molecule has 6 heteroatoms. The molecule has 0 aromatic carbocycles. The van der Waals surface area contributed by atoms with E-state index in [9.17, 15) is 14.4 Å². The third-order valence-corrected chi connectivity index (χ3v) is 4.25. The number of unbranched alkanes of at least 4 members (excludes halogenated alkanes) is 13. The molecule has 0 heterocycles. The van der Waals surface area contributed by atoms with Crippen LogP contribution in [0.2, 0.25) is 0 Å². The van der Waals surface area contributed by atoms with E-state index >= 15 is 0 Å². The molecule has 0 aromatic heterocycles. The second-order valence-corrected chi connectivity index (χ2v) is 7.03. The smallest absolute Gasteiger partial charge is 0.790 e. The Bertz CT molecular complexity index is 259. The molecule has 128 valence electrons. The van der Waals surface area contributed by atoms with Crippen LogP contribution in [0.1, 0.15) is 96.8 Å². The maximum Gasteiger partial charge on any atom is 1.00 e. The van der Waals surface area contributed by atoms with Gasteiger partial charge in [-0.25, -0.2) is 0 Å². The molecule has 4 nitrogen and oxygen atoms in total. The zero-order valence-electron chi connectivity index (χ0n) is 14.7. The first-order valence-corrected chi connectivity index (χ1v) is 10.2. The molecular weight excluding hydrogens is 310 g/mol. The molecule has 0 saturated heterocycles. The van der Waals surface area contributed by atoms with Gasteiger partial charge in [-0.2, -0.15) is 0 Å². The van der Waals surface area contributed by atoms with Crippen molar-refractivity contribution in [3.8, 4) is 0 Å². The second kappa shape index (κ2) is 18.4. The number of phosphoric acid groups is 1. The fourth-order valence-electron chi connectivity index (χ4n) is 2.47. The van der Waals surface area contributed by atoms with Crippen molar-refractivity contribution in [1.29, 1.82) is 0 Å². The molecule has 0 amide bonds. The van der Waals surface area contributed by atoms with Crippen molar-refractivity contribution in [2.75, 3.05) is 6.61 Å². The molecule has 0 fully saturated rings. The second-order valence-electron chi connectivity index (χ2n) is 5.88. The van der Waals surface area contributed by atoms with E-state index in [1.807, 2.05) is 0 Å². The van der Waals surface area contributed by atoms with Crippen molar-refractivity contribution in [3.05, 3.63) is 0 Å². The van der Waals surface area contributed by atoms with Crippen LogP contribution in [0, 0.1) is 0 Å². The van der Waals surface area contributed by atoms with Crippen LogP contribution in [0.3, 0.4) is 0 Å². The zero-order chi connectivity index (χ0) is 15.8. The SMILES string of the molecule is CCCCCCCCCCCCCCCCOP(=O)([O-])[O-].[Na+]. The molecule has 0 rings (SSSR count). The number of hydrogen-bond donors (Lipinski definition) is 0. The summed E-state index contributed by atoms with van der Waals surface area (Å²) in [7, 11) is -4.75. The van der Waals surface area contributed by atoms with Gasteiger partial charge in [0.2, 0.25) is 0 Å². The summed E-state index contributed by atoms with van der Waals surface area (Å²) in [5.74, 6) is 0. The van der Waals surface area contributed by atoms with Crippen LogP contribution in [0.15, 0.2) is 0 Å². The maximum atomic E-state index is 10.2. The number of rotatable bonds is 16. The molecule has 0 aromatic rings. The first kappa shape index (κ1) is 25.4. The molecule has 0 spiro atoms. The molecule has 22 heavy (non-hydrogen) atoms. The maximum absolute atomic E-state index is 10.2. The monoisotopic (exact) mass is 343 g/mol. The van der Waals surface area contributed by atoms with E-state index in [0.29, 0.717) is 6.42 Å². The van der Waals surface area contributed by atoms with Gasteiger partial charge in [0.15, 0.2) is 0 Å². The fraction of sp³-hybridized carbons (Fsp3) is 1.00. The molecule has 0 N–H and O–H groups in total. The molecular formula is C16H33NaO4P-. The third-order valence-electron chi connectivity index (χ3n) is 3.75. The Morgan fingerprint density at radius 3 is 1.32 bits per heavy atom. The van der Waals surface area contributed by atoms with Gasteiger partial charge in [0.25, 0.3) is 0 Å².